The summed E-state index contributed by atoms with van der Waals surface area (Å²) in [7, 11) is -3.53. The second-order valence-electron chi connectivity index (χ2n) is 5.38. The lowest BCUT2D eigenvalue weighted by Crippen LogP contribution is -2.44. The molecule has 1 aliphatic rings. The van der Waals surface area contributed by atoms with Gasteiger partial charge in [-0.1, -0.05) is 15.9 Å². The number of nitrogens with zero attached hydrogens (tertiary/aromatic N) is 3. The van der Waals surface area contributed by atoms with Crippen LogP contribution < -0.4 is 4.74 Å². The van der Waals surface area contributed by atoms with Crippen molar-refractivity contribution in [1.82, 2.24) is 14.3 Å². The predicted molar refractivity (Wildman–Crippen MR) is 96.3 cm³/mol. The van der Waals surface area contributed by atoms with E-state index < -0.39 is 10.0 Å². The minimum atomic E-state index is -3.53. The average molecular weight is 477 g/mol. The molecule has 0 saturated carbocycles. The Bertz CT molecular complexity index is 798. The van der Waals surface area contributed by atoms with E-state index >= 15 is 0 Å². The molecule has 1 saturated heterocycles. The van der Waals surface area contributed by atoms with Crippen molar-refractivity contribution >= 4 is 41.9 Å². The molecule has 1 aliphatic heterocycles. The van der Waals surface area contributed by atoms with Crippen LogP contribution in [-0.2, 0) is 10.0 Å². The molecule has 3 rings (SSSR count). The van der Waals surface area contributed by atoms with Gasteiger partial charge in [0.25, 0.3) is 0 Å². The zero-order chi connectivity index (χ0) is 17.2. The summed E-state index contributed by atoms with van der Waals surface area (Å²) in [5.74, 6) is 0. The Morgan fingerprint density at radius 2 is 1.75 bits per heavy atom. The zero-order valence-corrected chi connectivity index (χ0v) is 16.6. The zero-order valence-electron chi connectivity index (χ0n) is 12.6. The van der Waals surface area contributed by atoms with E-state index in [1.807, 2.05) is 0 Å². The van der Waals surface area contributed by atoms with Gasteiger partial charge in [-0.3, -0.25) is 0 Å². The molecule has 24 heavy (non-hydrogen) atoms. The number of aromatic nitrogens is 2. The van der Waals surface area contributed by atoms with Gasteiger partial charge in [0.15, 0.2) is 0 Å². The quantitative estimate of drug-likeness (QED) is 0.677. The van der Waals surface area contributed by atoms with Crippen molar-refractivity contribution in [2.24, 2.45) is 0 Å². The number of rotatable bonds is 4. The highest BCUT2D eigenvalue weighted by Crippen LogP contribution is 2.24. The fourth-order valence-electron chi connectivity index (χ4n) is 2.49. The number of piperidine rings is 1. The van der Waals surface area contributed by atoms with Crippen molar-refractivity contribution in [2.75, 3.05) is 13.1 Å². The first-order valence-corrected chi connectivity index (χ1v) is 10.4. The Labute approximate surface area is 157 Å². The summed E-state index contributed by atoms with van der Waals surface area (Å²) in [6.45, 7) is 0.775. The van der Waals surface area contributed by atoms with Crippen molar-refractivity contribution in [3.8, 4) is 6.01 Å². The van der Waals surface area contributed by atoms with Crippen molar-refractivity contribution < 1.29 is 13.2 Å². The minimum absolute atomic E-state index is 0.256. The molecular weight excluding hydrogens is 462 g/mol. The van der Waals surface area contributed by atoms with E-state index in [1.54, 1.807) is 36.7 Å². The van der Waals surface area contributed by atoms with Gasteiger partial charge in [-0.15, -0.1) is 0 Å². The largest absolute Gasteiger partial charge is 0.459 e. The van der Waals surface area contributed by atoms with Gasteiger partial charge in [-0.05, 0) is 53.0 Å². The number of halogens is 2. The number of ether oxygens (including phenoxy) is 1. The van der Waals surface area contributed by atoms with Crippen LogP contribution in [-0.4, -0.2) is 41.9 Å². The molecule has 9 heteroatoms. The normalized spacial score (nSPS) is 19.2. The van der Waals surface area contributed by atoms with Crippen LogP contribution in [0.4, 0.5) is 0 Å². The Morgan fingerprint density at radius 1 is 1.08 bits per heavy atom. The van der Waals surface area contributed by atoms with Crippen molar-refractivity contribution in [3.05, 3.63) is 45.6 Å². The molecule has 0 spiro atoms. The molecule has 6 nitrogen and oxygen atoms in total. The number of hydrogen-bond acceptors (Lipinski definition) is 5. The average Bonchev–Trinajstić information content (AvgIpc) is 2.58. The summed E-state index contributed by atoms with van der Waals surface area (Å²) in [5, 5.41) is 0. The van der Waals surface area contributed by atoms with Crippen LogP contribution in [0.5, 0.6) is 6.01 Å². The van der Waals surface area contributed by atoms with E-state index in [4.69, 9.17) is 4.74 Å². The second-order valence-corrected chi connectivity index (χ2v) is 9.15. The third-order valence-corrected chi connectivity index (χ3v) is 6.48. The smallest absolute Gasteiger partial charge is 0.316 e. The standard InChI is InChI=1S/C15H15Br2N3O3S/c16-11-3-5-14(6-4-11)24(21,22)20-7-1-2-13(10-20)23-15-18-8-12(17)9-19-15/h3-6,8-9,13H,1-2,7,10H2. The third kappa shape index (κ3) is 4.14. The van der Waals surface area contributed by atoms with Crippen LogP contribution in [0.25, 0.3) is 0 Å². The highest BCUT2D eigenvalue weighted by molar-refractivity contribution is 9.10. The van der Waals surface area contributed by atoms with E-state index in [0.717, 1.165) is 21.8 Å². The lowest BCUT2D eigenvalue weighted by atomic mass is 10.1. The summed E-state index contributed by atoms with van der Waals surface area (Å²) in [5.41, 5.74) is 0. The van der Waals surface area contributed by atoms with Crippen molar-refractivity contribution in [1.29, 1.82) is 0 Å². The van der Waals surface area contributed by atoms with E-state index in [-0.39, 0.29) is 23.6 Å². The summed E-state index contributed by atoms with van der Waals surface area (Å²) >= 11 is 6.58. The van der Waals surface area contributed by atoms with Gasteiger partial charge in [-0.2, -0.15) is 4.31 Å². The van der Waals surface area contributed by atoms with Gasteiger partial charge in [0, 0.05) is 23.4 Å². The maximum atomic E-state index is 12.8. The summed E-state index contributed by atoms with van der Waals surface area (Å²) < 4.78 is 34.3. The Morgan fingerprint density at radius 3 is 2.42 bits per heavy atom. The highest BCUT2D eigenvalue weighted by atomic mass is 79.9. The van der Waals surface area contributed by atoms with E-state index in [0.29, 0.717) is 6.54 Å². The van der Waals surface area contributed by atoms with E-state index in [1.165, 1.54) is 4.31 Å². The molecule has 0 aliphatic carbocycles. The van der Waals surface area contributed by atoms with Gasteiger partial charge in [-0.25, -0.2) is 18.4 Å². The first kappa shape index (κ1) is 17.8. The van der Waals surface area contributed by atoms with Crippen LogP contribution in [0.1, 0.15) is 12.8 Å². The van der Waals surface area contributed by atoms with Gasteiger partial charge in [0.05, 0.1) is 15.9 Å². The summed E-state index contributed by atoms with van der Waals surface area (Å²) in [6.07, 6.45) is 4.44. The molecule has 0 amide bonds. The number of benzene rings is 1. The molecule has 1 unspecified atom stereocenters. The molecular formula is C15H15Br2N3O3S. The molecule has 2 aromatic rings. The lowest BCUT2D eigenvalue weighted by molar-refractivity contribution is 0.119. The monoisotopic (exact) mass is 475 g/mol. The topological polar surface area (TPSA) is 72.4 Å². The molecule has 0 N–H and O–H groups in total. The first-order valence-electron chi connectivity index (χ1n) is 7.35. The molecule has 128 valence electrons. The molecule has 0 bridgehead atoms. The van der Waals surface area contributed by atoms with Gasteiger partial charge < -0.3 is 4.74 Å². The predicted octanol–water partition coefficient (Wildman–Crippen LogP) is 3.23. The highest BCUT2D eigenvalue weighted by Gasteiger charge is 2.31. The van der Waals surface area contributed by atoms with Crippen LogP contribution in [0.2, 0.25) is 0 Å². The Balaban J connectivity index is 1.72. The van der Waals surface area contributed by atoms with Crippen LogP contribution >= 0.6 is 31.9 Å². The first-order chi connectivity index (χ1) is 11.4. The van der Waals surface area contributed by atoms with Crippen molar-refractivity contribution in [2.45, 2.75) is 23.8 Å². The van der Waals surface area contributed by atoms with Gasteiger partial charge in [0.2, 0.25) is 10.0 Å². The molecule has 1 aromatic heterocycles. The van der Waals surface area contributed by atoms with Crippen molar-refractivity contribution in [3.63, 3.8) is 0 Å². The summed E-state index contributed by atoms with van der Waals surface area (Å²) in [6, 6.07) is 6.90. The maximum Gasteiger partial charge on any atom is 0.316 e. The minimum Gasteiger partial charge on any atom is -0.459 e. The fourth-order valence-corrected chi connectivity index (χ4v) is 4.46. The number of sulfonamides is 1. The molecule has 0 radical (unpaired) electrons. The second kappa shape index (κ2) is 7.47. The van der Waals surface area contributed by atoms with Gasteiger partial charge in [0.1, 0.15) is 6.10 Å². The SMILES string of the molecule is O=S(=O)(c1ccc(Br)cc1)N1CCCC(Oc2ncc(Br)cn2)C1. The summed E-state index contributed by atoms with van der Waals surface area (Å²) in [4.78, 5) is 8.43. The molecule has 1 fully saturated rings. The number of hydrogen-bond donors (Lipinski definition) is 0. The fraction of sp³-hybridized carbons (Fsp3) is 0.333. The Hall–Kier alpha value is -1.03. The lowest BCUT2D eigenvalue weighted by Gasteiger charge is -2.31. The molecule has 1 atom stereocenters. The van der Waals surface area contributed by atoms with Crippen LogP contribution in [0, 0.1) is 0 Å². The Kier molecular flexibility index (Phi) is 5.53. The molecule has 1 aromatic carbocycles. The van der Waals surface area contributed by atoms with E-state index in [9.17, 15) is 8.42 Å². The van der Waals surface area contributed by atoms with Crippen LogP contribution in [0.15, 0.2) is 50.5 Å². The van der Waals surface area contributed by atoms with Crippen LogP contribution in [0.3, 0.4) is 0 Å². The van der Waals surface area contributed by atoms with E-state index in [2.05, 4.69) is 41.8 Å². The maximum absolute atomic E-state index is 12.8. The van der Waals surface area contributed by atoms with Gasteiger partial charge >= 0.3 is 6.01 Å². The third-order valence-electron chi connectivity index (χ3n) is 3.66. The molecule has 2 heterocycles.